The number of benzene rings is 1. The molecule has 0 radical (unpaired) electrons. The Kier molecular flexibility index (Phi) is 6.91. The predicted molar refractivity (Wildman–Crippen MR) is 87.5 cm³/mol. The molecule has 0 spiro atoms. The van der Waals surface area contributed by atoms with Gasteiger partial charge in [-0.2, -0.15) is 0 Å². The lowest BCUT2D eigenvalue weighted by atomic mass is 9.95. The van der Waals surface area contributed by atoms with Crippen LogP contribution in [-0.4, -0.2) is 31.6 Å². The fraction of sp³-hybridized carbons (Fsp3) is 0.647. The molecule has 1 aromatic carbocycles. The molecule has 1 fully saturated rings. The summed E-state index contributed by atoms with van der Waals surface area (Å²) in [6, 6.07) is 9.42. The number of hydrogen-bond acceptors (Lipinski definition) is 3. The predicted octanol–water partition coefficient (Wildman–Crippen LogP) is 3.88. The quantitative estimate of drug-likeness (QED) is 0.771. The van der Waals surface area contributed by atoms with Crippen molar-refractivity contribution in [1.29, 1.82) is 0 Å². The Balaban J connectivity index is 1.87. The van der Waals surface area contributed by atoms with E-state index in [0.717, 1.165) is 25.5 Å². The van der Waals surface area contributed by atoms with Crippen molar-refractivity contribution in [3.8, 4) is 0 Å². The Bertz CT molecular complexity index is 373. The maximum Gasteiger partial charge on any atom is 0.0509 e. The zero-order chi connectivity index (χ0) is 14.2. The van der Waals surface area contributed by atoms with E-state index < -0.39 is 0 Å². The van der Waals surface area contributed by atoms with Crippen LogP contribution in [0.15, 0.2) is 29.2 Å². The maximum atomic E-state index is 5.66. The zero-order valence-corrected chi connectivity index (χ0v) is 13.5. The van der Waals surface area contributed by atoms with Crippen LogP contribution >= 0.6 is 11.8 Å². The molecule has 0 bridgehead atoms. The van der Waals surface area contributed by atoms with Crippen molar-refractivity contribution < 1.29 is 4.74 Å². The van der Waals surface area contributed by atoms with Crippen LogP contribution in [0.4, 0.5) is 0 Å². The van der Waals surface area contributed by atoms with E-state index in [2.05, 4.69) is 43.4 Å². The zero-order valence-electron chi connectivity index (χ0n) is 12.7. The molecule has 1 saturated heterocycles. The molecule has 20 heavy (non-hydrogen) atoms. The van der Waals surface area contributed by atoms with Gasteiger partial charge in [0, 0.05) is 23.3 Å². The number of nitrogens with one attached hydrogen (secondary N) is 1. The third kappa shape index (κ3) is 5.12. The van der Waals surface area contributed by atoms with E-state index in [0.29, 0.717) is 12.0 Å². The Morgan fingerprint density at radius 2 is 2.15 bits per heavy atom. The minimum absolute atomic E-state index is 0.571. The summed E-state index contributed by atoms with van der Waals surface area (Å²) in [6.07, 6.45) is 3.71. The Hall–Kier alpha value is -0.510. The highest BCUT2D eigenvalue weighted by molar-refractivity contribution is 7.99. The van der Waals surface area contributed by atoms with Gasteiger partial charge in [0.1, 0.15) is 0 Å². The number of aryl methyl sites for hydroxylation is 1. The third-order valence-electron chi connectivity index (χ3n) is 3.87. The molecule has 112 valence electrons. The van der Waals surface area contributed by atoms with Crippen molar-refractivity contribution in [3.63, 3.8) is 0 Å². The number of rotatable bonds is 7. The normalized spacial score (nSPS) is 20.8. The Morgan fingerprint density at radius 3 is 2.80 bits per heavy atom. The molecule has 0 amide bonds. The molecule has 1 aromatic rings. The van der Waals surface area contributed by atoms with Crippen LogP contribution in [0.25, 0.3) is 0 Å². The first kappa shape index (κ1) is 15.9. The third-order valence-corrected chi connectivity index (χ3v) is 5.00. The van der Waals surface area contributed by atoms with E-state index >= 15 is 0 Å². The van der Waals surface area contributed by atoms with E-state index in [9.17, 15) is 0 Å². The second kappa shape index (κ2) is 8.71. The molecule has 0 aromatic heterocycles. The summed E-state index contributed by atoms with van der Waals surface area (Å²) in [5.74, 6) is 1.81. The first-order valence-corrected chi connectivity index (χ1v) is 8.78. The molecule has 1 aliphatic heterocycles. The van der Waals surface area contributed by atoms with Crippen LogP contribution in [0.2, 0.25) is 0 Å². The molecule has 3 heteroatoms. The van der Waals surface area contributed by atoms with E-state index in [4.69, 9.17) is 4.74 Å². The first-order valence-electron chi connectivity index (χ1n) is 7.80. The van der Waals surface area contributed by atoms with Crippen molar-refractivity contribution in [3.05, 3.63) is 29.8 Å². The van der Waals surface area contributed by atoms with E-state index in [1.165, 1.54) is 29.7 Å². The topological polar surface area (TPSA) is 21.3 Å². The van der Waals surface area contributed by atoms with Crippen LogP contribution in [0.3, 0.4) is 0 Å². The molecule has 2 nitrogen and oxygen atoms in total. The van der Waals surface area contributed by atoms with E-state index in [1.54, 1.807) is 0 Å². The van der Waals surface area contributed by atoms with Crippen molar-refractivity contribution in [1.82, 2.24) is 5.32 Å². The van der Waals surface area contributed by atoms with Gasteiger partial charge < -0.3 is 10.1 Å². The molecule has 0 saturated carbocycles. The van der Waals surface area contributed by atoms with Gasteiger partial charge in [-0.1, -0.05) is 24.6 Å². The van der Waals surface area contributed by atoms with Gasteiger partial charge in [0.2, 0.25) is 0 Å². The monoisotopic (exact) mass is 293 g/mol. The highest BCUT2D eigenvalue weighted by Gasteiger charge is 2.23. The number of hydrogen-bond donors (Lipinski definition) is 1. The molecule has 2 unspecified atom stereocenters. The van der Waals surface area contributed by atoms with Gasteiger partial charge in [-0.3, -0.25) is 0 Å². The number of ether oxygens (including phenoxy) is 1. The second-order valence-electron chi connectivity index (χ2n) is 5.66. The lowest BCUT2D eigenvalue weighted by molar-refractivity contribution is 0.0427. The van der Waals surface area contributed by atoms with Crippen LogP contribution < -0.4 is 5.32 Å². The minimum atomic E-state index is 0.571. The van der Waals surface area contributed by atoms with Gasteiger partial charge >= 0.3 is 0 Å². The van der Waals surface area contributed by atoms with Crippen molar-refractivity contribution in [2.75, 3.05) is 25.5 Å². The molecular weight excluding hydrogens is 266 g/mol. The minimum Gasteiger partial charge on any atom is -0.381 e. The smallest absolute Gasteiger partial charge is 0.0509 e. The maximum absolute atomic E-state index is 5.66. The van der Waals surface area contributed by atoms with Crippen LogP contribution in [0.1, 0.15) is 31.7 Å². The van der Waals surface area contributed by atoms with Crippen LogP contribution in [0, 0.1) is 12.8 Å². The largest absolute Gasteiger partial charge is 0.381 e. The van der Waals surface area contributed by atoms with E-state index in [-0.39, 0.29) is 0 Å². The summed E-state index contributed by atoms with van der Waals surface area (Å²) in [6.45, 7) is 7.35. The standard InChI is InChI=1S/C17H27NOS/c1-3-10-18-17(15-5-4-11-19-12-15)13-20-16-8-6-14(2)7-9-16/h6-9,15,17-18H,3-5,10-13H2,1-2H3. The highest BCUT2D eigenvalue weighted by Crippen LogP contribution is 2.25. The van der Waals surface area contributed by atoms with Gasteiger partial charge in [0.15, 0.2) is 0 Å². The van der Waals surface area contributed by atoms with Gasteiger partial charge in [-0.05, 0) is 50.8 Å². The van der Waals surface area contributed by atoms with Gasteiger partial charge in [-0.15, -0.1) is 11.8 Å². The summed E-state index contributed by atoms with van der Waals surface area (Å²) < 4.78 is 5.66. The molecule has 2 rings (SSSR count). The highest BCUT2D eigenvalue weighted by atomic mass is 32.2. The Labute approximate surface area is 127 Å². The first-order chi connectivity index (χ1) is 9.79. The van der Waals surface area contributed by atoms with Gasteiger partial charge in [-0.25, -0.2) is 0 Å². The molecular formula is C17H27NOS. The van der Waals surface area contributed by atoms with Gasteiger partial charge in [0.25, 0.3) is 0 Å². The van der Waals surface area contributed by atoms with Crippen LogP contribution in [-0.2, 0) is 4.74 Å². The molecule has 1 aliphatic rings. The molecule has 1 heterocycles. The Morgan fingerprint density at radius 1 is 1.35 bits per heavy atom. The fourth-order valence-electron chi connectivity index (χ4n) is 2.59. The average Bonchev–Trinajstić information content (AvgIpc) is 2.50. The summed E-state index contributed by atoms with van der Waals surface area (Å²) in [4.78, 5) is 1.37. The molecule has 1 N–H and O–H groups in total. The van der Waals surface area contributed by atoms with Crippen LogP contribution in [0.5, 0.6) is 0 Å². The summed E-state index contributed by atoms with van der Waals surface area (Å²) in [5.41, 5.74) is 1.33. The van der Waals surface area contributed by atoms with Crippen molar-refractivity contribution in [2.24, 2.45) is 5.92 Å². The summed E-state index contributed by atoms with van der Waals surface area (Å²) in [7, 11) is 0. The molecule has 0 aliphatic carbocycles. The lowest BCUT2D eigenvalue weighted by Crippen LogP contribution is -2.42. The summed E-state index contributed by atoms with van der Waals surface area (Å²) in [5, 5.41) is 3.72. The SMILES string of the molecule is CCCNC(CSc1ccc(C)cc1)C1CCCOC1. The second-order valence-corrected chi connectivity index (χ2v) is 6.76. The van der Waals surface area contributed by atoms with Crippen molar-refractivity contribution >= 4 is 11.8 Å². The summed E-state index contributed by atoms with van der Waals surface area (Å²) >= 11 is 1.96. The average molecular weight is 293 g/mol. The lowest BCUT2D eigenvalue weighted by Gasteiger charge is -2.31. The molecule has 2 atom stereocenters. The van der Waals surface area contributed by atoms with Crippen molar-refractivity contribution in [2.45, 2.75) is 44.0 Å². The fourth-order valence-corrected chi connectivity index (χ4v) is 3.69. The van der Waals surface area contributed by atoms with Gasteiger partial charge in [0.05, 0.1) is 6.61 Å². The number of thioether (sulfide) groups is 1. The van der Waals surface area contributed by atoms with E-state index in [1.807, 2.05) is 11.8 Å².